The maximum atomic E-state index is 14.7. The summed E-state index contributed by atoms with van der Waals surface area (Å²) in [6.07, 6.45) is -2.14. The van der Waals surface area contributed by atoms with Crippen molar-refractivity contribution < 1.29 is 46.0 Å². The number of phenolic OH excluding ortho intramolecular Hbond substituents is 1. The molecule has 2 N–H and O–H groups in total. The highest BCUT2D eigenvalue weighted by Gasteiger charge is 2.44. The van der Waals surface area contributed by atoms with Gasteiger partial charge in [-0.1, -0.05) is 49.9 Å². The molecule has 1 heterocycles. The lowest BCUT2D eigenvalue weighted by Crippen LogP contribution is -2.47. The fourth-order valence-corrected chi connectivity index (χ4v) is 5.57. The van der Waals surface area contributed by atoms with Crippen molar-refractivity contribution in [2.75, 3.05) is 0 Å². The quantitative estimate of drug-likeness (QED) is 0.127. The number of unbranched alkanes of at least 4 members (excludes halogenated alkanes) is 1. The number of nitrogens with zero attached hydrogens (tertiary/aromatic N) is 2. The molecule has 1 aliphatic carbocycles. The van der Waals surface area contributed by atoms with E-state index in [4.69, 9.17) is 4.52 Å². The van der Waals surface area contributed by atoms with Crippen molar-refractivity contribution in [3.8, 4) is 17.2 Å². The maximum absolute atomic E-state index is 14.7. The average Bonchev–Trinajstić information content (AvgIpc) is 3.42. The van der Waals surface area contributed by atoms with Crippen molar-refractivity contribution >= 4 is 17.3 Å². The van der Waals surface area contributed by atoms with Gasteiger partial charge in [0.05, 0.1) is 6.04 Å². The van der Waals surface area contributed by atoms with Crippen molar-refractivity contribution in [1.82, 2.24) is 15.5 Å². The van der Waals surface area contributed by atoms with Crippen LogP contribution >= 0.6 is 0 Å². The molecule has 1 saturated carbocycles. The summed E-state index contributed by atoms with van der Waals surface area (Å²) < 4.78 is 77.5. The number of carbonyl (C=O) groups excluding carboxylic acids is 3. The third kappa shape index (κ3) is 8.83. The van der Waals surface area contributed by atoms with Gasteiger partial charge in [0, 0.05) is 24.3 Å². The van der Waals surface area contributed by atoms with E-state index in [-0.39, 0.29) is 47.2 Å². The van der Waals surface area contributed by atoms with Crippen LogP contribution in [0.4, 0.5) is 22.0 Å². The lowest BCUT2D eigenvalue weighted by Gasteiger charge is -2.31. The van der Waals surface area contributed by atoms with Crippen LogP contribution in [0.15, 0.2) is 40.9 Å². The standard InChI is InChI=1S/C33H36F5N3O5/c1-3-4-11-27(42)29(44)23(12-19-7-5-8-19)17-28(43)26(15-20-13-24(34)30(45)25(35)14-20)40-31(33(36,37)38)21-9-6-10-22(16-21)32-39-18(2)41-46-32/h6,9-10,13-14,16,19,23,26,31,40,45H,3-5,7-8,11-12,15,17H2,1-2H3/t23-,26+,31+/m1/s1. The molecule has 0 bridgehead atoms. The second-order valence-corrected chi connectivity index (χ2v) is 11.9. The summed E-state index contributed by atoms with van der Waals surface area (Å²) in [4.78, 5) is 43.8. The monoisotopic (exact) mass is 649 g/mol. The van der Waals surface area contributed by atoms with Gasteiger partial charge in [0.1, 0.15) is 6.04 Å². The van der Waals surface area contributed by atoms with Crippen LogP contribution in [0.25, 0.3) is 11.5 Å². The Labute approximate surface area is 262 Å². The zero-order chi connectivity index (χ0) is 33.6. The molecule has 0 amide bonds. The first-order chi connectivity index (χ1) is 21.8. The normalized spacial score (nSPS) is 15.6. The Morgan fingerprint density at radius 3 is 2.37 bits per heavy atom. The summed E-state index contributed by atoms with van der Waals surface area (Å²) >= 11 is 0. The van der Waals surface area contributed by atoms with Gasteiger partial charge in [0.2, 0.25) is 5.78 Å². The second kappa shape index (κ2) is 15.1. The smallest absolute Gasteiger partial charge is 0.407 e. The van der Waals surface area contributed by atoms with Crippen LogP contribution in [-0.4, -0.2) is 44.8 Å². The largest absolute Gasteiger partial charge is 0.503 e. The summed E-state index contributed by atoms with van der Waals surface area (Å²) in [5, 5.41) is 15.5. The predicted octanol–water partition coefficient (Wildman–Crippen LogP) is 6.93. The fourth-order valence-electron chi connectivity index (χ4n) is 5.57. The number of nitrogens with one attached hydrogen (secondary N) is 1. The molecule has 46 heavy (non-hydrogen) atoms. The highest BCUT2D eigenvalue weighted by atomic mass is 19.4. The van der Waals surface area contributed by atoms with E-state index in [1.807, 2.05) is 6.92 Å². The summed E-state index contributed by atoms with van der Waals surface area (Å²) in [6, 6.07) is 2.52. The maximum Gasteiger partial charge on any atom is 0.407 e. The van der Waals surface area contributed by atoms with Crippen LogP contribution in [0.1, 0.15) is 81.3 Å². The summed E-state index contributed by atoms with van der Waals surface area (Å²) in [5.74, 6) is -6.84. The van der Waals surface area contributed by atoms with Crippen molar-refractivity contribution in [2.45, 2.75) is 89.9 Å². The van der Waals surface area contributed by atoms with E-state index in [1.54, 1.807) is 6.92 Å². The molecule has 0 unspecified atom stereocenters. The molecule has 3 atom stereocenters. The zero-order valence-corrected chi connectivity index (χ0v) is 25.5. The molecule has 1 fully saturated rings. The van der Waals surface area contributed by atoms with Crippen LogP contribution in [0.5, 0.6) is 5.75 Å². The molecule has 0 aliphatic heterocycles. The Bertz CT molecular complexity index is 1530. The van der Waals surface area contributed by atoms with Gasteiger partial charge in [-0.2, -0.15) is 18.2 Å². The summed E-state index contributed by atoms with van der Waals surface area (Å²) in [6.45, 7) is 3.40. The van der Waals surface area contributed by atoms with Crippen molar-refractivity contribution in [1.29, 1.82) is 0 Å². The molecule has 8 nitrogen and oxygen atoms in total. The number of hydrogen-bond donors (Lipinski definition) is 2. The Morgan fingerprint density at radius 1 is 1.11 bits per heavy atom. The van der Waals surface area contributed by atoms with E-state index < -0.39 is 71.8 Å². The minimum atomic E-state index is -4.95. The second-order valence-electron chi connectivity index (χ2n) is 11.9. The van der Waals surface area contributed by atoms with E-state index in [9.17, 15) is 41.4 Å². The molecule has 0 radical (unpaired) electrons. The van der Waals surface area contributed by atoms with Crippen molar-refractivity contribution in [3.63, 3.8) is 0 Å². The Morgan fingerprint density at radius 2 is 1.80 bits per heavy atom. The number of aromatic hydroxyl groups is 1. The highest BCUT2D eigenvalue weighted by Crippen LogP contribution is 2.37. The number of Topliss-reactive ketones (excluding diaryl/α,β-unsaturated/α-hetero) is 3. The van der Waals surface area contributed by atoms with E-state index in [0.29, 0.717) is 12.8 Å². The Balaban J connectivity index is 1.68. The van der Waals surface area contributed by atoms with E-state index in [1.165, 1.54) is 24.3 Å². The number of hydrogen-bond acceptors (Lipinski definition) is 8. The topological polar surface area (TPSA) is 122 Å². The Kier molecular flexibility index (Phi) is 11.4. The molecule has 0 spiro atoms. The fraction of sp³-hybridized carbons (Fsp3) is 0.485. The average molecular weight is 650 g/mol. The van der Waals surface area contributed by atoms with Crippen LogP contribution < -0.4 is 5.32 Å². The van der Waals surface area contributed by atoms with Gasteiger partial charge >= 0.3 is 6.18 Å². The van der Waals surface area contributed by atoms with Gasteiger partial charge in [-0.25, -0.2) is 8.78 Å². The minimum absolute atomic E-state index is 0.00445. The number of alkyl halides is 3. The zero-order valence-electron chi connectivity index (χ0n) is 25.5. The number of rotatable bonds is 16. The lowest BCUT2D eigenvalue weighted by molar-refractivity contribution is -0.161. The molecule has 0 saturated heterocycles. The summed E-state index contributed by atoms with van der Waals surface area (Å²) in [7, 11) is 0. The van der Waals surface area contributed by atoms with E-state index in [0.717, 1.165) is 31.4 Å². The van der Waals surface area contributed by atoms with Crippen LogP contribution in [0.3, 0.4) is 0 Å². The molecule has 248 valence electrons. The van der Waals surface area contributed by atoms with Gasteiger partial charge < -0.3 is 9.63 Å². The molecular formula is C33H36F5N3O5. The van der Waals surface area contributed by atoms with Crippen molar-refractivity contribution in [3.05, 3.63) is 65.0 Å². The molecule has 1 aliphatic rings. The van der Waals surface area contributed by atoms with Gasteiger partial charge in [0.15, 0.2) is 34.8 Å². The first-order valence-corrected chi connectivity index (χ1v) is 15.3. The third-order valence-corrected chi connectivity index (χ3v) is 8.29. The predicted molar refractivity (Wildman–Crippen MR) is 157 cm³/mol. The van der Waals surface area contributed by atoms with Crippen molar-refractivity contribution in [2.24, 2.45) is 11.8 Å². The van der Waals surface area contributed by atoms with Crippen LogP contribution in [0.2, 0.25) is 0 Å². The van der Waals surface area contributed by atoms with E-state index in [2.05, 4.69) is 15.5 Å². The molecular weight excluding hydrogens is 613 g/mol. The Hall–Kier alpha value is -4.00. The van der Waals surface area contributed by atoms with E-state index >= 15 is 0 Å². The molecule has 2 aromatic carbocycles. The number of benzene rings is 2. The lowest BCUT2D eigenvalue weighted by atomic mass is 9.75. The number of ketones is 3. The van der Waals surface area contributed by atoms with Crippen LogP contribution in [-0.2, 0) is 20.8 Å². The first kappa shape index (κ1) is 34.9. The third-order valence-electron chi connectivity index (χ3n) is 8.29. The van der Waals surface area contributed by atoms with Gasteiger partial charge in [-0.05, 0) is 67.5 Å². The van der Waals surface area contributed by atoms with Gasteiger partial charge in [0.25, 0.3) is 5.89 Å². The molecule has 3 aromatic rings. The van der Waals surface area contributed by atoms with Gasteiger partial charge in [-0.15, -0.1) is 0 Å². The van der Waals surface area contributed by atoms with Crippen LogP contribution in [0, 0.1) is 30.4 Å². The minimum Gasteiger partial charge on any atom is -0.503 e. The van der Waals surface area contributed by atoms with Gasteiger partial charge in [-0.3, -0.25) is 19.7 Å². The first-order valence-electron chi connectivity index (χ1n) is 15.3. The molecule has 13 heteroatoms. The molecule has 1 aromatic heterocycles. The number of aryl methyl sites for hydroxylation is 1. The number of aromatic nitrogens is 2. The highest BCUT2D eigenvalue weighted by molar-refractivity contribution is 6.38. The number of phenols is 1. The number of carbonyl (C=O) groups is 3. The molecule has 4 rings (SSSR count). The summed E-state index contributed by atoms with van der Waals surface area (Å²) in [5.41, 5.74) is -0.314. The SMILES string of the molecule is CCCCC(=O)C(=O)[C@@H](CC(=O)[C@H](Cc1cc(F)c(O)c(F)c1)N[C@@H](c1cccc(-c2nc(C)no2)c1)C(F)(F)F)CC1CCC1. The number of halogens is 5.